The topological polar surface area (TPSA) is 31.0 Å². The van der Waals surface area contributed by atoms with Gasteiger partial charge in [-0.1, -0.05) is 84.9 Å². The molecule has 3 heteroatoms. The fraction of sp³-hybridized carbons (Fsp3) is 0.0385. The lowest BCUT2D eigenvalue weighted by Crippen LogP contribution is -2.09. The standard InChI is InChI=1S/C26H20N2O/c1-2-6-20(7-3-1)10-11-21-12-14-22(15-13-21)26(28-17-16-27-19-28)25-18-23-8-4-5-9-24(23)29-25/h1-19,26H/b11-10+. The molecule has 0 aliphatic heterocycles. The molecule has 140 valence electrons. The molecule has 0 aliphatic carbocycles. The van der Waals surface area contributed by atoms with Gasteiger partial charge in [-0.25, -0.2) is 4.98 Å². The third kappa shape index (κ3) is 3.63. The van der Waals surface area contributed by atoms with Gasteiger partial charge in [0, 0.05) is 17.8 Å². The molecule has 29 heavy (non-hydrogen) atoms. The van der Waals surface area contributed by atoms with E-state index in [1.807, 2.05) is 48.9 Å². The molecule has 2 heterocycles. The molecular formula is C26H20N2O. The minimum Gasteiger partial charge on any atom is -0.458 e. The Labute approximate surface area is 169 Å². The van der Waals surface area contributed by atoms with Crippen molar-refractivity contribution in [2.75, 3.05) is 0 Å². The molecule has 0 amide bonds. The summed E-state index contributed by atoms with van der Waals surface area (Å²) >= 11 is 0. The Morgan fingerprint density at radius 1 is 0.793 bits per heavy atom. The fourth-order valence-electron chi connectivity index (χ4n) is 3.59. The van der Waals surface area contributed by atoms with Crippen molar-refractivity contribution in [1.29, 1.82) is 0 Å². The number of furan rings is 1. The zero-order valence-corrected chi connectivity index (χ0v) is 15.8. The predicted molar refractivity (Wildman–Crippen MR) is 117 cm³/mol. The van der Waals surface area contributed by atoms with E-state index in [4.69, 9.17) is 4.42 Å². The van der Waals surface area contributed by atoms with E-state index in [1.165, 1.54) is 5.56 Å². The number of para-hydroxylation sites is 1. The number of aromatic nitrogens is 2. The summed E-state index contributed by atoms with van der Waals surface area (Å²) in [6.45, 7) is 0. The molecule has 5 rings (SSSR count). The minimum absolute atomic E-state index is 0.0583. The van der Waals surface area contributed by atoms with Crippen LogP contribution in [0.3, 0.4) is 0 Å². The van der Waals surface area contributed by atoms with Gasteiger partial charge in [0.1, 0.15) is 17.4 Å². The van der Waals surface area contributed by atoms with Gasteiger partial charge in [0.05, 0.1) is 6.33 Å². The van der Waals surface area contributed by atoms with Gasteiger partial charge in [0.25, 0.3) is 0 Å². The molecule has 0 radical (unpaired) electrons. The molecule has 0 saturated carbocycles. The molecule has 5 aromatic rings. The van der Waals surface area contributed by atoms with Crippen molar-refractivity contribution in [3.8, 4) is 0 Å². The van der Waals surface area contributed by atoms with Gasteiger partial charge < -0.3 is 8.98 Å². The van der Waals surface area contributed by atoms with E-state index in [2.05, 4.69) is 70.2 Å². The Bertz CT molecular complexity index is 1200. The number of hydrogen-bond donors (Lipinski definition) is 0. The number of imidazole rings is 1. The van der Waals surface area contributed by atoms with Crippen LogP contribution in [0.25, 0.3) is 23.1 Å². The first-order valence-electron chi connectivity index (χ1n) is 9.66. The second-order valence-electron chi connectivity index (χ2n) is 7.01. The summed E-state index contributed by atoms with van der Waals surface area (Å²) in [6.07, 6.45) is 9.86. The molecule has 0 N–H and O–H groups in total. The molecule has 0 bridgehead atoms. The first-order chi connectivity index (χ1) is 14.4. The first kappa shape index (κ1) is 17.3. The maximum atomic E-state index is 6.18. The van der Waals surface area contributed by atoms with E-state index in [0.29, 0.717) is 0 Å². The molecule has 0 fully saturated rings. The fourth-order valence-corrected chi connectivity index (χ4v) is 3.59. The molecule has 3 aromatic carbocycles. The van der Waals surface area contributed by atoms with E-state index >= 15 is 0 Å². The van der Waals surface area contributed by atoms with Crippen LogP contribution in [0.1, 0.15) is 28.5 Å². The van der Waals surface area contributed by atoms with Crippen molar-refractivity contribution in [2.45, 2.75) is 6.04 Å². The normalized spacial score (nSPS) is 12.6. The van der Waals surface area contributed by atoms with E-state index in [9.17, 15) is 0 Å². The van der Waals surface area contributed by atoms with Crippen LogP contribution in [-0.2, 0) is 0 Å². The molecule has 1 atom stereocenters. The van der Waals surface area contributed by atoms with Gasteiger partial charge in [-0.15, -0.1) is 0 Å². The van der Waals surface area contributed by atoms with Crippen LogP contribution in [0.4, 0.5) is 0 Å². The van der Waals surface area contributed by atoms with Crippen molar-refractivity contribution in [1.82, 2.24) is 9.55 Å². The van der Waals surface area contributed by atoms with Gasteiger partial charge >= 0.3 is 0 Å². The van der Waals surface area contributed by atoms with Crippen LogP contribution in [0.2, 0.25) is 0 Å². The number of fused-ring (bicyclic) bond motifs is 1. The molecule has 2 aromatic heterocycles. The highest BCUT2D eigenvalue weighted by atomic mass is 16.3. The predicted octanol–water partition coefficient (Wildman–Crippen LogP) is 6.44. The van der Waals surface area contributed by atoms with Crippen molar-refractivity contribution in [3.05, 3.63) is 126 Å². The van der Waals surface area contributed by atoms with Crippen LogP contribution >= 0.6 is 0 Å². The monoisotopic (exact) mass is 376 g/mol. The molecule has 0 spiro atoms. The Kier molecular flexibility index (Phi) is 4.55. The van der Waals surface area contributed by atoms with E-state index in [-0.39, 0.29) is 6.04 Å². The summed E-state index contributed by atoms with van der Waals surface area (Å²) in [4.78, 5) is 4.24. The molecule has 1 unspecified atom stereocenters. The molecule has 3 nitrogen and oxygen atoms in total. The second kappa shape index (κ2) is 7.64. The van der Waals surface area contributed by atoms with Gasteiger partial charge in [0.2, 0.25) is 0 Å². The van der Waals surface area contributed by atoms with Crippen molar-refractivity contribution >= 4 is 23.1 Å². The maximum absolute atomic E-state index is 6.18. The molecule has 0 saturated heterocycles. The number of rotatable bonds is 5. The summed E-state index contributed by atoms with van der Waals surface area (Å²) in [5.74, 6) is 0.900. The minimum atomic E-state index is -0.0583. The maximum Gasteiger partial charge on any atom is 0.134 e. The molecule has 0 aliphatic rings. The van der Waals surface area contributed by atoms with Crippen molar-refractivity contribution in [3.63, 3.8) is 0 Å². The molecular weight excluding hydrogens is 356 g/mol. The average molecular weight is 376 g/mol. The highest BCUT2D eigenvalue weighted by Gasteiger charge is 2.20. The summed E-state index contributed by atoms with van der Waals surface area (Å²) in [5, 5.41) is 1.11. The van der Waals surface area contributed by atoms with Gasteiger partial charge in [-0.3, -0.25) is 0 Å². The first-order valence-corrected chi connectivity index (χ1v) is 9.66. The van der Waals surface area contributed by atoms with Crippen LogP contribution in [0, 0.1) is 0 Å². The lowest BCUT2D eigenvalue weighted by molar-refractivity contribution is 0.487. The van der Waals surface area contributed by atoms with Gasteiger partial charge in [-0.2, -0.15) is 0 Å². The van der Waals surface area contributed by atoms with E-state index in [0.717, 1.165) is 27.9 Å². The quantitative estimate of drug-likeness (QED) is 0.331. The zero-order valence-electron chi connectivity index (χ0n) is 15.8. The Morgan fingerprint density at radius 3 is 2.24 bits per heavy atom. The second-order valence-corrected chi connectivity index (χ2v) is 7.01. The lowest BCUT2D eigenvalue weighted by Gasteiger charge is -2.17. The smallest absolute Gasteiger partial charge is 0.134 e. The SMILES string of the molecule is C(=C\c1ccc(C(c2cc3ccccc3o2)n2ccnc2)cc1)/c1ccccc1. The van der Waals surface area contributed by atoms with Crippen LogP contribution in [0.5, 0.6) is 0 Å². The number of benzene rings is 3. The summed E-state index contributed by atoms with van der Waals surface area (Å²) in [6, 6.07) is 29.1. The Hall–Kier alpha value is -3.85. The van der Waals surface area contributed by atoms with Crippen molar-refractivity contribution in [2.24, 2.45) is 0 Å². The average Bonchev–Trinajstić information content (AvgIpc) is 3.44. The summed E-state index contributed by atoms with van der Waals surface area (Å²) in [7, 11) is 0. The van der Waals surface area contributed by atoms with E-state index in [1.54, 1.807) is 6.20 Å². The van der Waals surface area contributed by atoms with Gasteiger partial charge in [0.15, 0.2) is 0 Å². The highest BCUT2D eigenvalue weighted by molar-refractivity contribution is 5.78. The van der Waals surface area contributed by atoms with E-state index < -0.39 is 0 Å². The number of hydrogen-bond acceptors (Lipinski definition) is 2. The van der Waals surface area contributed by atoms with Crippen LogP contribution < -0.4 is 0 Å². The third-order valence-electron chi connectivity index (χ3n) is 5.06. The lowest BCUT2D eigenvalue weighted by atomic mass is 10.0. The Balaban J connectivity index is 1.49. The zero-order chi connectivity index (χ0) is 19.5. The Morgan fingerprint density at radius 2 is 1.52 bits per heavy atom. The van der Waals surface area contributed by atoms with Crippen LogP contribution in [-0.4, -0.2) is 9.55 Å². The van der Waals surface area contributed by atoms with Gasteiger partial charge in [-0.05, 0) is 28.8 Å². The highest BCUT2D eigenvalue weighted by Crippen LogP contribution is 2.31. The van der Waals surface area contributed by atoms with Crippen molar-refractivity contribution < 1.29 is 4.42 Å². The summed E-state index contributed by atoms with van der Waals surface area (Å²) in [5.41, 5.74) is 4.40. The van der Waals surface area contributed by atoms with Crippen LogP contribution in [0.15, 0.2) is 108 Å². The largest absolute Gasteiger partial charge is 0.458 e. The number of nitrogens with zero attached hydrogens (tertiary/aromatic N) is 2. The third-order valence-corrected chi connectivity index (χ3v) is 5.06. The summed E-state index contributed by atoms with van der Waals surface area (Å²) < 4.78 is 8.26.